The lowest BCUT2D eigenvalue weighted by molar-refractivity contribution is 0.174. The molecular weight excluding hydrogens is 276 g/mol. The first-order valence-electron chi connectivity index (χ1n) is 7.17. The molecule has 0 aliphatic rings. The van der Waals surface area contributed by atoms with Crippen LogP contribution in [-0.4, -0.2) is 22.8 Å². The Kier molecular flexibility index (Phi) is 3.45. The maximum atomic E-state index is 12.3. The second kappa shape index (κ2) is 5.30. The van der Waals surface area contributed by atoms with Crippen LogP contribution in [0.3, 0.4) is 0 Å². The molecule has 0 N–H and O–H groups in total. The van der Waals surface area contributed by atoms with E-state index in [-0.39, 0.29) is 0 Å². The van der Waals surface area contributed by atoms with Crippen LogP contribution in [0.15, 0.2) is 36.4 Å². The number of rotatable bonds is 1. The van der Waals surface area contributed by atoms with Gasteiger partial charge in [0.2, 0.25) is 0 Å². The maximum Gasteiger partial charge on any atom is 0.419 e. The molecule has 2 aromatic carbocycles. The third kappa shape index (κ3) is 2.17. The van der Waals surface area contributed by atoms with E-state index in [0.29, 0.717) is 5.82 Å². The molecule has 0 aliphatic heterocycles. The van der Waals surface area contributed by atoms with Crippen LogP contribution in [-0.2, 0) is 4.74 Å². The summed E-state index contributed by atoms with van der Waals surface area (Å²) in [6, 6.07) is 11.8. The standard InChI is InChI=1S/C18H18N2O2/c1-11-9-12(2)16(13(3)10-11)17-19-14-7-5-6-8-15(14)20(17)18(21)22-4/h5-10H,1-4H3. The van der Waals surface area contributed by atoms with E-state index in [2.05, 4.69) is 24.0 Å². The Morgan fingerprint density at radius 2 is 1.73 bits per heavy atom. The second-order valence-electron chi connectivity index (χ2n) is 5.50. The van der Waals surface area contributed by atoms with Crippen molar-refractivity contribution in [2.45, 2.75) is 20.8 Å². The number of aryl methyl sites for hydroxylation is 3. The molecule has 1 aromatic heterocycles. The van der Waals surface area contributed by atoms with Crippen molar-refractivity contribution in [1.29, 1.82) is 0 Å². The number of fused-ring (bicyclic) bond motifs is 1. The Hall–Kier alpha value is -2.62. The largest absolute Gasteiger partial charge is 0.452 e. The second-order valence-corrected chi connectivity index (χ2v) is 5.50. The Morgan fingerprint density at radius 3 is 2.36 bits per heavy atom. The van der Waals surface area contributed by atoms with Crippen LogP contribution in [0.1, 0.15) is 16.7 Å². The molecule has 112 valence electrons. The number of para-hydroxylation sites is 2. The number of hydrogen-bond donors (Lipinski definition) is 0. The summed E-state index contributed by atoms with van der Waals surface area (Å²) in [4.78, 5) is 16.9. The monoisotopic (exact) mass is 294 g/mol. The number of carbonyl (C=O) groups excluding carboxylic acids is 1. The van der Waals surface area contributed by atoms with E-state index in [9.17, 15) is 4.79 Å². The molecule has 4 heteroatoms. The highest BCUT2D eigenvalue weighted by Gasteiger charge is 2.21. The Labute approximate surface area is 129 Å². The molecule has 4 nitrogen and oxygen atoms in total. The number of benzene rings is 2. The average Bonchev–Trinajstić information content (AvgIpc) is 2.84. The van der Waals surface area contributed by atoms with Gasteiger partial charge in [-0.05, 0) is 44.0 Å². The van der Waals surface area contributed by atoms with Crippen LogP contribution in [0.4, 0.5) is 4.79 Å². The molecule has 0 atom stereocenters. The minimum atomic E-state index is -0.428. The smallest absolute Gasteiger partial charge is 0.419 e. The SMILES string of the molecule is COC(=O)n1c(-c2c(C)cc(C)cc2C)nc2ccccc21. The lowest BCUT2D eigenvalue weighted by Gasteiger charge is -2.12. The molecule has 1 heterocycles. The summed E-state index contributed by atoms with van der Waals surface area (Å²) in [6.07, 6.45) is -0.428. The zero-order chi connectivity index (χ0) is 15.9. The Balaban J connectivity index is 2.39. The molecule has 0 fully saturated rings. The highest BCUT2D eigenvalue weighted by molar-refractivity contribution is 5.92. The first-order valence-corrected chi connectivity index (χ1v) is 7.17. The van der Waals surface area contributed by atoms with Crippen LogP contribution >= 0.6 is 0 Å². The molecule has 0 aliphatic carbocycles. The summed E-state index contributed by atoms with van der Waals surface area (Å²) >= 11 is 0. The third-order valence-corrected chi connectivity index (χ3v) is 3.82. The lowest BCUT2D eigenvalue weighted by atomic mass is 9.99. The summed E-state index contributed by atoms with van der Waals surface area (Å²) in [6.45, 7) is 6.14. The van der Waals surface area contributed by atoms with Crippen LogP contribution < -0.4 is 0 Å². The predicted octanol–water partition coefficient (Wildman–Crippen LogP) is 4.24. The Bertz CT molecular complexity index is 855. The molecule has 0 amide bonds. The molecule has 0 saturated carbocycles. The van der Waals surface area contributed by atoms with Crippen molar-refractivity contribution in [3.63, 3.8) is 0 Å². The van der Waals surface area contributed by atoms with Gasteiger partial charge in [-0.15, -0.1) is 0 Å². The van der Waals surface area contributed by atoms with E-state index >= 15 is 0 Å². The lowest BCUT2D eigenvalue weighted by Crippen LogP contribution is -2.13. The molecule has 0 saturated heterocycles. The topological polar surface area (TPSA) is 44.1 Å². The first kappa shape index (κ1) is 14.3. The fraction of sp³-hybridized carbons (Fsp3) is 0.222. The molecular formula is C18H18N2O2. The number of nitrogens with zero attached hydrogens (tertiary/aromatic N) is 2. The summed E-state index contributed by atoms with van der Waals surface area (Å²) in [5, 5.41) is 0. The number of ether oxygens (including phenoxy) is 1. The van der Waals surface area contributed by atoms with E-state index in [0.717, 1.165) is 27.7 Å². The van der Waals surface area contributed by atoms with Crippen molar-refractivity contribution in [1.82, 2.24) is 9.55 Å². The van der Waals surface area contributed by atoms with E-state index in [1.165, 1.54) is 12.7 Å². The van der Waals surface area contributed by atoms with Crippen molar-refractivity contribution < 1.29 is 9.53 Å². The quantitative estimate of drug-likeness (QED) is 0.674. The normalized spacial score (nSPS) is 10.9. The van der Waals surface area contributed by atoms with Crippen molar-refractivity contribution in [2.24, 2.45) is 0 Å². The number of carbonyl (C=O) groups is 1. The van der Waals surface area contributed by atoms with Gasteiger partial charge in [-0.3, -0.25) is 0 Å². The number of hydrogen-bond acceptors (Lipinski definition) is 3. The Morgan fingerprint density at radius 1 is 1.09 bits per heavy atom. The van der Waals surface area contributed by atoms with E-state index in [4.69, 9.17) is 4.74 Å². The zero-order valence-electron chi connectivity index (χ0n) is 13.2. The first-order chi connectivity index (χ1) is 10.5. The van der Waals surface area contributed by atoms with Gasteiger partial charge in [-0.2, -0.15) is 0 Å². The minimum absolute atomic E-state index is 0.428. The number of aromatic nitrogens is 2. The summed E-state index contributed by atoms with van der Waals surface area (Å²) in [7, 11) is 1.38. The average molecular weight is 294 g/mol. The van der Waals surface area contributed by atoms with Crippen molar-refractivity contribution in [3.05, 3.63) is 53.1 Å². The van der Waals surface area contributed by atoms with Gasteiger partial charge in [0.15, 0.2) is 5.82 Å². The maximum absolute atomic E-state index is 12.3. The molecule has 0 spiro atoms. The van der Waals surface area contributed by atoms with Gasteiger partial charge < -0.3 is 4.74 Å². The van der Waals surface area contributed by atoms with Crippen LogP contribution in [0, 0.1) is 20.8 Å². The predicted molar refractivity (Wildman–Crippen MR) is 87.2 cm³/mol. The van der Waals surface area contributed by atoms with Crippen molar-refractivity contribution >= 4 is 17.1 Å². The molecule has 3 rings (SSSR count). The van der Waals surface area contributed by atoms with Crippen LogP contribution in [0.25, 0.3) is 22.4 Å². The van der Waals surface area contributed by atoms with Gasteiger partial charge in [-0.1, -0.05) is 29.8 Å². The fourth-order valence-corrected chi connectivity index (χ4v) is 3.00. The minimum Gasteiger partial charge on any atom is -0.452 e. The highest BCUT2D eigenvalue weighted by Crippen LogP contribution is 2.30. The summed E-state index contributed by atoms with van der Waals surface area (Å²) in [5.41, 5.74) is 5.90. The van der Waals surface area contributed by atoms with Gasteiger partial charge in [0.1, 0.15) is 0 Å². The molecule has 22 heavy (non-hydrogen) atoms. The molecule has 0 radical (unpaired) electrons. The summed E-state index contributed by atoms with van der Waals surface area (Å²) in [5.74, 6) is 0.628. The van der Waals surface area contributed by atoms with E-state index < -0.39 is 6.09 Å². The summed E-state index contributed by atoms with van der Waals surface area (Å²) < 4.78 is 6.49. The zero-order valence-corrected chi connectivity index (χ0v) is 13.2. The van der Waals surface area contributed by atoms with Crippen LogP contribution in [0.5, 0.6) is 0 Å². The highest BCUT2D eigenvalue weighted by atomic mass is 16.5. The number of methoxy groups -OCH3 is 1. The van der Waals surface area contributed by atoms with E-state index in [1.807, 2.05) is 38.1 Å². The van der Waals surface area contributed by atoms with Crippen LogP contribution in [0.2, 0.25) is 0 Å². The number of imidazole rings is 1. The van der Waals surface area contributed by atoms with Gasteiger partial charge in [0.05, 0.1) is 18.1 Å². The van der Waals surface area contributed by atoms with Crippen molar-refractivity contribution in [3.8, 4) is 11.4 Å². The fourth-order valence-electron chi connectivity index (χ4n) is 3.00. The van der Waals surface area contributed by atoms with Crippen molar-refractivity contribution in [2.75, 3.05) is 7.11 Å². The molecule has 0 unspecified atom stereocenters. The van der Waals surface area contributed by atoms with Gasteiger partial charge in [0.25, 0.3) is 0 Å². The van der Waals surface area contributed by atoms with E-state index in [1.54, 1.807) is 4.57 Å². The van der Waals surface area contributed by atoms with Gasteiger partial charge in [0, 0.05) is 5.56 Å². The van der Waals surface area contributed by atoms with Gasteiger partial charge in [-0.25, -0.2) is 14.3 Å². The molecule has 3 aromatic rings. The molecule has 0 bridgehead atoms. The van der Waals surface area contributed by atoms with Gasteiger partial charge >= 0.3 is 6.09 Å². The third-order valence-electron chi connectivity index (χ3n) is 3.82.